The van der Waals surface area contributed by atoms with Gasteiger partial charge in [0, 0.05) is 46.0 Å². The van der Waals surface area contributed by atoms with Crippen LogP contribution in [0.15, 0.2) is 6.20 Å². The van der Waals surface area contributed by atoms with Gasteiger partial charge in [-0.05, 0) is 19.5 Å². The molecule has 17 heavy (non-hydrogen) atoms. The van der Waals surface area contributed by atoms with Crippen LogP contribution in [-0.4, -0.2) is 64.1 Å². The fraction of sp³-hybridized carbons (Fsp3) is 0.818. The summed E-state index contributed by atoms with van der Waals surface area (Å²) in [6.45, 7) is 7.17. The lowest BCUT2D eigenvalue weighted by atomic mass is 10.3. The molecule has 1 aliphatic heterocycles. The number of hydrogen-bond acceptors (Lipinski definition) is 5. The minimum Gasteiger partial charge on any atom is -0.329 e. The fourth-order valence-corrected chi connectivity index (χ4v) is 2.29. The highest BCUT2D eigenvalue weighted by Gasteiger charge is 2.15. The molecule has 0 saturated carbocycles. The summed E-state index contributed by atoms with van der Waals surface area (Å²) in [5, 5.41) is 8.10. The monoisotopic (exact) mass is 238 g/mol. The summed E-state index contributed by atoms with van der Waals surface area (Å²) >= 11 is 0. The molecule has 0 amide bonds. The molecule has 1 saturated heterocycles. The van der Waals surface area contributed by atoms with Gasteiger partial charge < -0.3 is 10.6 Å². The maximum absolute atomic E-state index is 5.60. The van der Waals surface area contributed by atoms with E-state index >= 15 is 0 Å². The Morgan fingerprint density at radius 2 is 2.00 bits per heavy atom. The van der Waals surface area contributed by atoms with Crippen LogP contribution in [0.5, 0.6) is 0 Å². The van der Waals surface area contributed by atoms with E-state index in [1.54, 1.807) is 4.68 Å². The van der Waals surface area contributed by atoms with Gasteiger partial charge in [0.05, 0.1) is 5.69 Å². The Kier molecular flexibility index (Phi) is 4.47. The van der Waals surface area contributed by atoms with E-state index in [-0.39, 0.29) is 0 Å². The highest BCUT2D eigenvalue weighted by molar-refractivity contribution is 4.92. The van der Waals surface area contributed by atoms with E-state index in [1.165, 1.54) is 6.42 Å². The van der Waals surface area contributed by atoms with Crippen molar-refractivity contribution in [3.05, 3.63) is 11.9 Å². The second-order valence-corrected chi connectivity index (χ2v) is 4.64. The summed E-state index contributed by atoms with van der Waals surface area (Å²) in [6.07, 6.45) is 3.20. The molecule has 2 heterocycles. The second kappa shape index (κ2) is 6.09. The standard InChI is InChI=1S/C11H22N6/c1-15-9-11(13-14-15)10-17-5-2-4-16(6-3-12)7-8-17/h9H,2-8,10,12H2,1H3. The van der Waals surface area contributed by atoms with Crippen molar-refractivity contribution >= 4 is 0 Å². The summed E-state index contributed by atoms with van der Waals surface area (Å²) in [5.74, 6) is 0. The molecule has 6 heteroatoms. The van der Waals surface area contributed by atoms with Crippen LogP contribution in [0, 0.1) is 0 Å². The Morgan fingerprint density at radius 3 is 2.71 bits per heavy atom. The van der Waals surface area contributed by atoms with Crippen LogP contribution in [0.3, 0.4) is 0 Å². The molecule has 0 aliphatic carbocycles. The van der Waals surface area contributed by atoms with E-state index in [0.29, 0.717) is 0 Å². The van der Waals surface area contributed by atoms with Crippen molar-refractivity contribution < 1.29 is 0 Å². The van der Waals surface area contributed by atoms with Crippen molar-refractivity contribution in [1.82, 2.24) is 24.8 Å². The zero-order chi connectivity index (χ0) is 12.1. The predicted octanol–water partition coefficient (Wildman–Crippen LogP) is -0.718. The molecule has 6 nitrogen and oxygen atoms in total. The average Bonchev–Trinajstić information content (AvgIpc) is 2.58. The molecule has 1 fully saturated rings. The second-order valence-electron chi connectivity index (χ2n) is 4.64. The third-order valence-corrected chi connectivity index (χ3v) is 3.16. The van der Waals surface area contributed by atoms with Crippen LogP contribution in [0.2, 0.25) is 0 Å². The fourth-order valence-electron chi connectivity index (χ4n) is 2.29. The molecular weight excluding hydrogens is 216 g/mol. The summed E-state index contributed by atoms with van der Waals surface area (Å²) in [4.78, 5) is 4.89. The van der Waals surface area contributed by atoms with Crippen molar-refractivity contribution in [2.45, 2.75) is 13.0 Å². The first-order chi connectivity index (χ1) is 8.28. The zero-order valence-corrected chi connectivity index (χ0v) is 10.5. The van der Waals surface area contributed by atoms with Gasteiger partial charge in [-0.2, -0.15) is 0 Å². The van der Waals surface area contributed by atoms with E-state index in [9.17, 15) is 0 Å². The van der Waals surface area contributed by atoms with E-state index in [1.807, 2.05) is 13.2 Å². The molecule has 1 aromatic rings. The first-order valence-corrected chi connectivity index (χ1v) is 6.28. The van der Waals surface area contributed by atoms with Gasteiger partial charge in [-0.15, -0.1) is 5.10 Å². The third-order valence-electron chi connectivity index (χ3n) is 3.16. The molecule has 2 N–H and O–H groups in total. The maximum atomic E-state index is 5.60. The number of hydrogen-bond donors (Lipinski definition) is 1. The molecule has 0 radical (unpaired) electrons. The van der Waals surface area contributed by atoms with Crippen molar-refractivity contribution in [1.29, 1.82) is 0 Å². The predicted molar refractivity (Wildman–Crippen MR) is 66.4 cm³/mol. The van der Waals surface area contributed by atoms with Crippen molar-refractivity contribution in [2.75, 3.05) is 39.3 Å². The van der Waals surface area contributed by atoms with E-state index < -0.39 is 0 Å². The SMILES string of the molecule is Cn1cc(CN2CCCN(CCN)CC2)nn1. The smallest absolute Gasteiger partial charge is 0.0967 e. The Bertz CT molecular complexity index is 336. The minimum atomic E-state index is 0.754. The van der Waals surface area contributed by atoms with Gasteiger partial charge in [-0.3, -0.25) is 9.58 Å². The van der Waals surface area contributed by atoms with Gasteiger partial charge in [0.15, 0.2) is 0 Å². The number of aromatic nitrogens is 3. The zero-order valence-electron chi connectivity index (χ0n) is 10.5. The van der Waals surface area contributed by atoms with Crippen molar-refractivity contribution in [3.8, 4) is 0 Å². The molecule has 0 atom stereocenters. The highest BCUT2D eigenvalue weighted by Crippen LogP contribution is 2.06. The molecule has 96 valence electrons. The van der Waals surface area contributed by atoms with Gasteiger partial charge >= 0.3 is 0 Å². The van der Waals surface area contributed by atoms with Crippen LogP contribution >= 0.6 is 0 Å². The largest absolute Gasteiger partial charge is 0.329 e. The number of rotatable bonds is 4. The van der Waals surface area contributed by atoms with E-state index in [4.69, 9.17) is 5.73 Å². The Labute approximate surface area is 102 Å². The average molecular weight is 238 g/mol. The van der Waals surface area contributed by atoms with Crippen LogP contribution in [0.1, 0.15) is 12.1 Å². The summed E-state index contributed by atoms with van der Waals surface area (Å²) in [5.41, 5.74) is 6.65. The van der Waals surface area contributed by atoms with Crippen LogP contribution in [0.25, 0.3) is 0 Å². The minimum absolute atomic E-state index is 0.754. The highest BCUT2D eigenvalue weighted by atomic mass is 15.4. The van der Waals surface area contributed by atoms with Gasteiger partial charge in [-0.1, -0.05) is 5.21 Å². The number of aryl methyl sites for hydroxylation is 1. The molecular formula is C11H22N6. The molecule has 0 aromatic carbocycles. The Hall–Kier alpha value is -0.980. The van der Waals surface area contributed by atoms with Gasteiger partial charge in [0.25, 0.3) is 0 Å². The summed E-state index contributed by atoms with van der Waals surface area (Å²) in [6, 6.07) is 0. The van der Waals surface area contributed by atoms with Gasteiger partial charge in [0.1, 0.15) is 0 Å². The van der Waals surface area contributed by atoms with Crippen LogP contribution in [0.4, 0.5) is 0 Å². The lowest BCUT2D eigenvalue weighted by molar-refractivity contribution is 0.253. The number of nitrogens with two attached hydrogens (primary N) is 1. The topological polar surface area (TPSA) is 63.2 Å². The normalized spacial score (nSPS) is 19.4. The van der Waals surface area contributed by atoms with Gasteiger partial charge in [0.2, 0.25) is 0 Å². The molecule has 1 aliphatic rings. The summed E-state index contributed by atoms with van der Waals surface area (Å²) < 4.78 is 1.76. The lowest BCUT2D eigenvalue weighted by Gasteiger charge is -2.20. The first kappa shape index (κ1) is 12.5. The molecule has 0 unspecified atom stereocenters. The van der Waals surface area contributed by atoms with Crippen molar-refractivity contribution in [2.24, 2.45) is 12.8 Å². The van der Waals surface area contributed by atoms with Crippen molar-refractivity contribution in [3.63, 3.8) is 0 Å². The Balaban J connectivity index is 1.82. The first-order valence-electron chi connectivity index (χ1n) is 6.28. The van der Waals surface area contributed by atoms with Crippen LogP contribution < -0.4 is 5.73 Å². The maximum Gasteiger partial charge on any atom is 0.0967 e. The molecule has 0 spiro atoms. The summed E-state index contributed by atoms with van der Waals surface area (Å²) in [7, 11) is 1.90. The lowest BCUT2D eigenvalue weighted by Crippen LogP contribution is -2.33. The van der Waals surface area contributed by atoms with Crippen LogP contribution in [-0.2, 0) is 13.6 Å². The van der Waals surface area contributed by atoms with E-state index in [2.05, 4.69) is 20.1 Å². The quantitative estimate of drug-likeness (QED) is 0.750. The molecule has 1 aromatic heterocycles. The third kappa shape index (κ3) is 3.76. The Morgan fingerprint density at radius 1 is 1.24 bits per heavy atom. The van der Waals surface area contributed by atoms with E-state index in [0.717, 1.165) is 51.5 Å². The molecule has 2 rings (SSSR count). The molecule has 0 bridgehead atoms. The number of nitrogens with zero attached hydrogens (tertiary/aromatic N) is 5. The van der Waals surface area contributed by atoms with Gasteiger partial charge in [-0.25, -0.2) is 0 Å².